The molecular formula is C13H23NO3. The van der Waals surface area contributed by atoms with Crippen molar-refractivity contribution in [2.45, 2.75) is 51.0 Å². The van der Waals surface area contributed by atoms with E-state index in [2.05, 4.69) is 5.32 Å². The van der Waals surface area contributed by atoms with Crippen LogP contribution in [0.3, 0.4) is 0 Å². The van der Waals surface area contributed by atoms with E-state index < -0.39 is 5.60 Å². The summed E-state index contributed by atoms with van der Waals surface area (Å²) in [6, 6.07) is 0. The Bertz CT molecular complexity index is 278. The molecular weight excluding hydrogens is 218 g/mol. The molecule has 1 amide bonds. The number of aliphatic hydroxyl groups is 1. The second-order valence-corrected chi connectivity index (χ2v) is 5.73. The standard InChI is InChI=1S/C13H23NO3/c1-12(5-4-8-17-12)11(16)14-9-13(10-15)6-2-3-7-13/h15H,2-10H2,1H3,(H,14,16). The number of hydrogen-bond acceptors (Lipinski definition) is 3. The molecule has 4 heteroatoms. The van der Waals surface area contributed by atoms with Gasteiger partial charge in [0.1, 0.15) is 5.60 Å². The van der Waals surface area contributed by atoms with E-state index in [-0.39, 0.29) is 17.9 Å². The Labute approximate surface area is 103 Å². The molecule has 2 aliphatic rings. The number of nitrogens with one attached hydrogen (secondary N) is 1. The Kier molecular flexibility index (Phi) is 3.73. The lowest BCUT2D eigenvalue weighted by atomic mass is 9.87. The van der Waals surface area contributed by atoms with Crippen LogP contribution in [-0.2, 0) is 9.53 Å². The summed E-state index contributed by atoms with van der Waals surface area (Å²) < 4.78 is 5.51. The number of hydrogen-bond donors (Lipinski definition) is 2. The maximum Gasteiger partial charge on any atom is 0.251 e. The number of carbonyl (C=O) groups excluding carboxylic acids is 1. The number of aliphatic hydroxyl groups excluding tert-OH is 1. The Balaban J connectivity index is 1.87. The molecule has 0 bridgehead atoms. The van der Waals surface area contributed by atoms with E-state index in [1.54, 1.807) is 0 Å². The van der Waals surface area contributed by atoms with E-state index in [0.29, 0.717) is 13.2 Å². The number of amides is 1. The lowest BCUT2D eigenvalue weighted by Crippen LogP contribution is -2.48. The van der Waals surface area contributed by atoms with Gasteiger partial charge in [0.15, 0.2) is 0 Å². The summed E-state index contributed by atoms with van der Waals surface area (Å²) in [5.41, 5.74) is -0.722. The maximum absolute atomic E-state index is 12.1. The Morgan fingerprint density at radius 3 is 2.53 bits per heavy atom. The lowest BCUT2D eigenvalue weighted by molar-refractivity contribution is -0.140. The molecule has 2 rings (SSSR count). The third-order valence-electron chi connectivity index (χ3n) is 4.32. The Morgan fingerprint density at radius 1 is 1.29 bits per heavy atom. The fourth-order valence-electron chi connectivity index (χ4n) is 2.93. The van der Waals surface area contributed by atoms with Crippen LogP contribution >= 0.6 is 0 Å². The van der Waals surface area contributed by atoms with Gasteiger partial charge in [-0.05, 0) is 32.6 Å². The van der Waals surface area contributed by atoms with Gasteiger partial charge in [0.05, 0.1) is 6.61 Å². The molecule has 1 aliphatic heterocycles. The molecule has 2 N–H and O–H groups in total. The predicted octanol–water partition coefficient (Wildman–Crippen LogP) is 1.22. The van der Waals surface area contributed by atoms with Gasteiger partial charge < -0.3 is 15.2 Å². The molecule has 1 saturated heterocycles. The fourth-order valence-corrected chi connectivity index (χ4v) is 2.93. The first-order valence-electron chi connectivity index (χ1n) is 6.63. The van der Waals surface area contributed by atoms with E-state index >= 15 is 0 Å². The van der Waals surface area contributed by atoms with Gasteiger partial charge in [-0.2, -0.15) is 0 Å². The third kappa shape index (κ3) is 2.63. The fraction of sp³-hybridized carbons (Fsp3) is 0.923. The quantitative estimate of drug-likeness (QED) is 0.778. The van der Waals surface area contributed by atoms with Crippen molar-refractivity contribution in [3.63, 3.8) is 0 Å². The van der Waals surface area contributed by atoms with Gasteiger partial charge in [-0.15, -0.1) is 0 Å². The zero-order valence-corrected chi connectivity index (χ0v) is 10.6. The van der Waals surface area contributed by atoms with Crippen LogP contribution in [0.15, 0.2) is 0 Å². The zero-order chi connectivity index (χ0) is 12.4. The van der Waals surface area contributed by atoms with Crippen molar-refractivity contribution in [1.82, 2.24) is 5.32 Å². The van der Waals surface area contributed by atoms with Crippen molar-refractivity contribution >= 4 is 5.91 Å². The predicted molar refractivity (Wildman–Crippen MR) is 64.6 cm³/mol. The first kappa shape index (κ1) is 12.8. The van der Waals surface area contributed by atoms with E-state index in [9.17, 15) is 9.90 Å². The summed E-state index contributed by atoms with van der Waals surface area (Å²) in [6.45, 7) is 3.29. The van der Waals surface area contributed by atoms with Crippen molar-refractivity contribution in [2.75, 3.05) is 19.8 Å². The minimum Gasteiger partial charge on any atom is -0.396 e. The van der Waals surface area contributed by atoms with Crippen LogP contribution in [-0.4, -0.2) is 36.4 Å². The van der Waals surface area contributed by atoms with Gasteiger partial charge in [0.2, 0.25) is 0 Å². The van der Waals surface area contributed by atoms with E-state index in [4.69, 9.17) is 4.74 Å². The van der Waals surface area contributed by atoms with Crippen molar-refractivity contribution in [3.8, 4) is 0 Å². The van der Waals surface area contributed by atoms with Crippen LogP contribution in [0.2, 0.25) is 0 Å². The average Bonchev–Trinajstić information content (AvgIpc) is 2.96. The Morgan fingerprint density at radius 2 is 2.00 bits per heavy atom. The molecule has 2 fully saturated rings. The molecule has 1 saturated carbocycles. The second kappa shape index (κ2) is 4.94. The summed E-state index contributed by atoms with van der Waals surface area (Å²) in [7, 11) is 0. The highest BCUT2D eigenvalue weighted by atomic mass is 16.5. The first-order chi connectivity index (χ1) is 8.10. The van der Waals surface area contributed by atoms with E-state index in [0.717, 1.165) is 38.5 Å². The van der Waals surface area contributed by atoms with Gasteiger partial charge in [-0.1, -0.05) is 12.8 Å². The highest BCUT2D eigenvalue weighted by Crippen LogP contribution is 2.37. The number of carbonyl (C=O) groups is 1. The van der Waals surface area contributed by atoms with Crippen LogP contribution in [0.1, 0.15) is 45.4 Å². The van der Waals surface area contributed by atoms with Crippen LogP contribution in [0.5, 0.6) is 0 Å². The lowest BCUT2D eigenvalue weighted by Gasteiger charge is -2.29. The summed E-state index contributed by atoms with van der Waals surface area (Å²) in [5, 5.41) is 12.5. The van der Waals surface area contributed by atoms with Gasteiger partial charge in [0, 0.05) is 18.6 Å². The molecule has 17 heavy (non-hydrogen) atoms. The first-order valence-corrected chi connectivity index (χ1v) is 6.63. The molecule has 0 aromatic rings. The van der Waals surface area contributed by atoms with Gasteiger partial charge in [0.25, 0.3) is 5.91 Å². The summed E-state index contributed by atoms with van der Waals surface area (Å²) in [6.07, 6.45) is 6.09. The van der Waals surface area contributed by atoms with E-state index in [1.807, 2.05) is 6.92 Å². The SMILES string of the molecule is CC1(C(=O)NCC2(CO)CCCC2)CCCO1. The minimum absolute atomic E-state index is 0.0188. The number of rotatable bonds is 4. The zero-order valence-electron chi connectivity index (χ0n) is 10.6. The summed E-state index contributed by atoms with van der Waals surface area (Å²) in [4.78, 5) is 12.1. The molecule has 4 nitrogen and oxygen atoms in total. The molecule has 0 spiro atoms. The summed E-state index contributed by atoms with van der Waals surface area (Å²) >= 11 is 0. The highest BCUT2D eigenvalue weighted by molar-refractivity contribution is 5.85. The van der Waals surface area contributed by atoms with Crippen molar-refractivity contribution in [3.05, 3.63) is 0 Å². The highest BCUT2D eigenvalue weighted by Gasteiger charge is 2.40. The largest absolute Gasteiger partial charge is 0.396 e. The molecule has 1 aliphatic carbocycles. The van der Waals surface area contributed by atoms with Crippen molar-refractivity contribution in [2.24, 2.45) is 5.41 Å². The summed E-state index contributed by atoms with van der Waals surface area (Å²) in [5.74, 6) is -0.0188. The molecule has 98 valence electrons. The molecule has 1 unspecified atom stereocenters. The molecule has 0 aromatic carbocycles. The van der Waals surface area contributed by atoms with Crippen LogP contribution in [0.4, 0.5) is 0 Å². The number of ether oxygens (including phenoxy) is 1. The van der Waals surface area contributed by atoms with Gasteiger partial charge in [-0.3, -0.25) is 4.79 Å². The van der Waals surface area contributed by atoms with Crippen molar-refractivity contribution < 1.29 is 14.6 Å². The van der Waals surface area contributed by atoms with Crippen LogP contribution in [0, 0.1) is 5.41 Å². The maximum atomic E-state index is 12.1. The smallest absolute Gasteiger partial charge is 0.251 e. The molecule has 1 atom stereocenters. The van der Waals surface area contributed by atoms with E-state index in [1.165, 1.54) is 0 Å². The van der Waals surface area contributed by atoms with Gasteiger partial charge >= 0.3 is 0 Å². The molecule has 1 heterocycles. The second-order valence-electron chi connectivity index (χ2n) is 5.73. The minimum atomic E-state index is -0.644. The third-order valence-corrected chi connectivity index (χ3v) is 4.32. The normalized spacial score (nSPS) is 31.6. The van der Waals surface area contributed by atoms with Crippen LogP contribution < -0.4 is 5.32 Å². The van der Waals surface area contributed by atoms with Gasteiger partial charge in [-0.25, -0.2) is 0 Å². The Hall–Kier alpha value is -0.610. The van der Waals surface area contributed by atoms with Crippen LogP contribution in [0.25, 0.3) is 0 Å². The topological polar surface area (TPSA) is 58.6 Å². The average molecular weight is 241 g/mol. The molecule has 0 aromatic heterocycles. The molecule has 0 radical (unpaired) electrons. The van der Waals surface area contributed by atoms with Crippen molar-refractivity contribution in [1.29, 1.82) is 0 Å². The monoisotopic (exact) mass is 241 g/mol.